The second-order valence-electron chi connectivity index (χ2n) is 12.4. The van der Waals surface area contributed by atoms with Gasteiger partial charge in [-0.15, -0.1) is 0 Å². The van der Waals surface area contributed by atoms with E-state index < -0.39 is 0 Å². The summed E-state index contributed by atoms with van der Waals surface area (Å²) in [6.45, 7) is 8.20. The first-order valence-corrected chi connectivity index (χ1v) is 13.5. The van der Waals surface area contributed by atoms with Gasteiger partial charge in [0.2, 0.25) is 0 Å². The molecule has 4 aliphatic carbocycles. The van der Waals surface area contributed by atoms with Crippen LogP contribution in [-0.4, -0.2) is 20.5 Å². The standard InChI is InChI=1S/C28H43N3O/c1-4-11-28(32)13-10-22-21(14-28)5-6-24-23(22)9-12-27(3)25(7-8-26(24)27)19(2)17-31-18-20(15-29)16-30-31/h16,18-19,21-26,32H,4-14,17H2,1-3H3/t19?,21-,22+,23-,24-,25-,26+,27-,28-/m1/s1. The Hall–Kier alpha value is -1.34. The highest BCUT2D eigenvalue weighted by atomic mass is 16.3. The van der Waals surface area contributed by atoms with E-state index in [2.05, 4.69) is 31.9 Å². The van der Waals surface area contributed by atoms with Gasteiger partial charge < -0.3 is 5.11 Å². The smallest absolute Gasteiger partial charge is 0.102 e. The van der Waals surface area contributed by atoms with Crippen LogP contribution in [0, 0.1) is 58.2 Å². The average molecular weight is 438 g/mol. The predicted octanol–water partition coefficient (Wildman–Crippen LogP) is 6.19. The molecule has 1 aromatic heterocycles. The highest BCUT2D eigenvalue weighted by Gasteiger charge is 2.58. The van der Waals surface area contributed by atoms with Crippen LogP contribution in [0.3, 0.4) is 0 Å². The number of fused-ring (bicyclic) bond motifs is 5. The molecule has 5 rings (SSSR count). The summed E-state index contributed by atoms with van der Waals surface area (Å²) in [5, 5.41) is 24.7. The molecule has 0 saturated heterocycles. The minimum atomic E-state index is -0.363. The average Bonchev–Trinajstić information content (AvgIpc) is 3.36. The van der Waals surface area contributed by atoms with Crippen molar-refractivity contribution in [1.29, 1.82) is 5.26 Å². The van der Waals surface area contributed by atoms with Crippen molar-refractivity contribution < 1.29 is 5.11 Å². The third-order valence-electron chi connectivity index (χ3n) is 10.8. The van der Waals surface area contributed by atoms with Gasteiger partial charge in [0.1, 0.15) is 6.07 Å². The first-order valence-electron chi connectivity index (χ1n) is 13.5. The van der Waals surface area contributed by atoms with Crippen molar-refractivity contribution in [2.24, 2.45) is 46.8 Å². The fraction of sp³-hybridized carbons (Fsp3) is 0.857. The first kappa shape index (κ1) is 22.5. The van der Waals surface area contributed by atoms with Gasteiger partial charge in [-0.05, 0) is 111 Å². The van der Waals surface area contributed by atoms with E-state index in [0.29, 0.717) is 16.9 Å². The second kappa shape index (κ2) is 8.46. The summed E-state index contributed by atoms with van der Waals surface area (Å²) in [7, 11) is 0. The van der Waals surface area contributed by atoms with Gasteiger partial charge in [-0.25, -0.2) is 0 Å². The molecule has 0 spiro atoms. The lowest BCUT2D eigenvalue weighted by atomic mass is 9.48. The number of hydrogen-bond donors (Lipinski definition) is 1. The van der Waals surface area contributed by atoms with Gasteiger partial charge in [-0.3, -0.25) is 4.68 Å². The highest BCUT2D eigenvalue weighted by molar-refractivity contribution is 5.21. The maximum Gasteiger partial charge on any atom is 0.102 e. The van der Waals surface area contributed by atoms with E-state index in [1.54, 1.807) is 6.20 Å². The number of aromatic nitrogens is 2. The molecule has 0 aromatic carbocycles. The Bertz CT molecular complexity index is 857. The molecule has 4 saturated carbocycles. The van der Waals surface area contributed by atoms with Crippen LogP contribution in [0.25, 0.3) is 0 Å². The van der Waals surface area contributed by atoms with Crippen LogP contribution in [0.2, 0.25) is 0 Å². The van der Waals surface area contributed by atoms with Crippen LogP contribution in [0.5, 0.6) is 0 Å². The molecule has 4 nitrogen and oxygen atoms in total. The van der Waals surface area contributed by atoms with Gasteiger partial charge in [0.05, 0.1) is 17.4 Å². The summed E-state index contributed by atoms with van der Waals surface area (Å²) in [5.74, 6) is 5.73. The molecule has 4 heteroatoms. The Balaban J connectivity index is 1.27. The van der Waals surface area contributed by atoms with E-state index in [1.165, 1.54) is 44.9 Å². The maximum absolute atomic E-state index is 11.1. The lowest BCUT2D eigenvalue weighted by Crippen LogP contribution is -2.51. The zero-order chi connectivity index (χ0) is 22.5. The fourth-order valence-electron chi connectivity index (χ4n) is 9.57. The lowest BCUT2D eigenvalue weighted by molar-refractivity contribution is -0.110. The van der Waals surface area contributed by atoms with Gasteiger partial charge in [-0.1, -0.05) is 27.2 Å². The molecular weight excluding hydrogens is 394 g/mol. The Kier molecular flexibility index (Phi) is 5.94. The van der Waals surface area contributed by atoms with Crippen molar-refractivity contribution in [2.75, 3.05) is 0 Å². The molecule has 32 heavy (non-hydrogen) atoms. The highest BCUT2D eigenvalue weighted by Crippen LogP contribution is 2.65. The summed E-state index contributed by atoms with van der Waals surface area (Å²) in [4.78, 5) is 0. The van der Waals surface area contributed by atoms with Crippen LogP contribution < -0.4 is 0 Å². The zero-order valence-electron chi connectivity index (χ0n) is 20.5. The monoisotopic (exact) mass is 437 g/mol. The van der Waals surface area contributed by atoms with E-state index in [-0.39, 0.29) is 5.60 Å². The van der Waals surface area contributed by atoms with Gasteiger partial charge in [-0.2, -0.15) is 10.4 Å². The molecule has 0 radical (unpaired) electrons. The van der Waals surface area contributed by atoms with E-state index in [4.69, 9.17) is 5.26 Å². The molecule has 1 aromatic rings. The third kappa shape index (κ3) is 3.73. The molecule has 9 atom stereocenters. The Morgan fingerprint density at radius 2 is 1.97 bits per heavy atom. The van der Waals surface area contributed by atoms with E-state index >= 15 is 0 Å². The van der Waals surface area contributed by atoms with Crippen molar-refractivity contribution >= 4 is 0 Å². The number of nitriles is 1. The molecule has 0 aliphatic heterocycles. The van der Waals surface area contributed by atoms with Gasteiger partial charge in [0.15, 0.2) is 0 Å². The third-order valence-corrected chi connectivity index (χ3v) is 10.8. The summed E-state index contributed by atoms with van der Waals surface area (Å²) in [6, 6.07) is 2.21. The van der Waals surface area contributed by atoms with Crippen LogP contribution in [0.1, 0.15) is 97.0 Å². The number of hydrogen-bond acceptors (Lipinski definition) is 3. The minimum Gasteiger partial charge on any atom is -0.390 e. The SMILES string of the molecule is CCC[C@@]1(O)CC[C@H]2[C@H](CC[C@@H]3[C@@H]2CC[C@]2(C)[C@@H](C(C)Cn4cc(C#N)cn4)CC[C@@H]32)C1. The zero-order valence-corrected chi connectivity index (χ0v) is 20.5. The lowest BCUT2D eigenvalue weighted by Gasteiger charge is -2.57. The van der Waals surface area contributed by atoms with Gasteiger partial charge >= 0.3 is 0 Å². The van der Waals surface area contributed by atoms with Gasteiger partial charge in [0.25, 0.3) is 0 Å². The molecule has 1 N–H and O–H groups in total. The molecule has 1 unspecified atom stereocenters. The summed E-state index contributed by atoms with van der Waals surface area (Å²) in [5.41, 5.74) is 0.775. The number of nitrogens with zero attached hydrogens (tertiary/aromatic N) is 3. The van der Waals surface area contributed by atoms with E-state index in [1.807, 2.05) is 10.9 Å². The van der Waals surface area contributed by atoms with Crippen molar-refractivity contribution in [3.05, 3.63) is 18.0 Å². The van der Waals surface area contributed by atoms with Gasteiger partial charge in [0, 0.05) is 12.7 Å². The Morgan fingerprint density at radius 3 is 2.72 bits per heavy atom. The van der Waals surface area contributed by atoms with Crippen molar-refractivity contribution in [2.45, 2.75) is 104 Å². The Labute approximate surface area is 194 Å². The Morgan fingerprint density at radius 1 is 1.16 bits per heavy atom. The first-order chi connectivity index (χ1) is 15.4. The predicted molar refractivity (Wildman–Crippen MR) is 127 cm³/mol. The summed E-state index contributed by atoms with van der Waals surface area (Å²) >= 11 is 0. The summed E-state index contributed by atoms with van der Waals surface area (Å²) < 4.78 is 2.00. The minimum absolute atomic E-state index is 0.363. The quantitative estimate of drug-likeness (QED) is 0.597. The van der Waals surface area contributed by atoms with Crippen LogP contribution in [0.4, 0.5) is 0 Å². The van der Waals surface area contributed by atoms with Crippen LogP contribution in [0.15, 0.2) is 12.4 Å². The molecule has 176 valence electrons. The van der Waals surface area contributed by atoms with E-state index in [9.17, 15) is 5.11 Å². The second-order valence-corrected chi connectivity index (χ2v) is 12.4. The molecule has 4 fully saturated rings. The maximum atomic E-state index is 11.1. The molecule has 1 heterocycles. The van der Waals surface area contributed by atoms with E-state index in [0.717, 1.165) is 67.7 Å². The normalized spacial score (nSPS) is 44.2. The molecule has 0 amide bonds. The van der Waals surface area contributed by atoms with Crippen molar-refractivity contribution in [3.8, 4) is 6.07 Å². The largest absolute Gasteiger partial charge is 0.390 e. The number of rotatable bonds is 5. The fourth-order valence-corrected chi connectivity index (χ4v) is 9.57. The summed E-state index contributed by atoms with van der Waals surface area (Å²) in [6.07, 6.45) is 17.4. The van der Waals surface area contributed by atoms with Crippen molar-refractivity contribution in [3.63, 3.8) is 0 Å². The topological polar surface area (TPSA) is 61.8 Å². The van der Waals surface area contributed by atoms with Crippen LogP contribution >= 0.6 is 0 Å². The molecule has 0 bridgehead atoms. The van der Waals surface area contributed by atoms with Crippen LogP contribution in [-0.2, 0) is 6.54 Å². The molecular formula is C28H43N3O. The van der Waals surface area contributed by atoms with Crippen molar-refractivity contribution in [1.82, 2.24) is 9.78 Å². The molecule has 4 aliphatic rings. The number of aliphatic hydroxyl groups is 1.